The summed E-state index contributed by atoms with van der Waals surface area (Å²) >= 11 is 0. The number of anilines is 1. The zero-order chi connectivity index (χ0) is 20.2. The molecule has 154 valence electrons. The van der Waals surface area contributed by atoms with Gasteiger partial charge in [-0.1, -0.05) is 44.2 Å². The molecule has 0 spiro atoms. The molecule has 1 heterocycles. The Morgan fingerprint density at radius 2 is 1.54 bits per heavy atom. The van der Waals surface area contributed by atoms with E-state index in [2.05, 4.69) is 71.0 Å². The van der Waals surface area contributed by atoms with Crippen LogP contribution in [0.1, 0.15) is 84.1 Å². The first-order valence-corrected chi connectivity index (χ1v) is 11.3. The Balaban J connectivity index is 1.58. The van der Waals surface area contributed by atoms with Crippen molar-refractivity contribution in [3.8, 4) is 0 Å². The van der Waals surface area contributed by atoms with Crippen molar-refractivity contribution in [2.45, 2.75) is 95.1 Å². The third kappa shape index (κ3) is 3.31. The molecule has 2 aliphatic carbocycles. The highest BCUT2D eigenvalue weighted by atomic mass is 16.7. The summed E-state index contributed by atoms with van der Waals surface area (Å²) in [5, 5.41) is 0.185. The smallest absolute Gasteiger partial charge is 0.403 e. The van der Waals surface area contributed by atoms with Gasteiger partial charge < -0.3 is 14.2 Å². The first-order chi connectivity index (χ1) is 13.1. The highest BCUT2D eigenvalue weighted by Crippen LogP contribution is 2.67. The van der Waals surface area contributed by atoms with E-state index in [0.29, 0.717) is 5.92 Å². The minimum atomic E-state index is -0.241. The van der Waals surface area contributed by atoms with Gasteiger partial charge in [0, 0.05) is 25.1 Å². The second kappa shape index (κ2) is 7.06. The summed E-state index contributed by atoms with van der Waals surface area (Å²) in [5.41, 5.74) is 2.29. The molecule has 3 fully saturated rings. The van der Waals surface area contributed by atoms with Crippen LogP contribution in [0.2, 0.25) is 5.31 Å². The number of nitrogens with zero attached hydrogens (tertiary/aromatic N) is 1. The number of rotatable bonds is 4. The molecule has 0 radical (unpaired) electrons. The molecule has 1 aromatic carbocycles. The number of hydrogen-bond acceptors (Lipinski definition) is 3. The minimum Gasteiger partial charge on any atom is -0.403 e. The van der Waals surface area contributed by atoms with Crippen molar-refractivity contribution in [2.24, 2.45) is 5.92 Å². The fourth-order valence-electron chi connectivity index (χ4n) is 5.62. The summed E-state index contributed by atoms with van der Waals surface area (Å²) in [7, 11) is 4.18. The topological polar surface area (TPSA) is 21.7 Å². The average molecular weight is 383 g/mol. The molecule has 0 amide bonds. The first-order valence-electron chi connectivity index (χ1n) is 11.3. The van der Waals surface area contributed by atoms with Crippen LogP contribution in [-0.4, -0.2) is 32.4 Å². The van der Waals surface area contributed by atoms with E-state index >= 15 is 0 Å². The molecule has 0 unspecified atom stereocenters. The Morgan fingerprint density at radius 3 is 2.11 bits per heavy atom. The van der Waals surface area contributed by atoms with Gasteiger partial charge in [0.05, 0.1) is 11.2 Å². The monoisotopic (exact) mass is 383 g/mol. The minimum absolute atomic E-state index is 0.0612. The molecule has 28 heavy (non-hydrogen) atoms. The van der Waals surface area contributed by atoms with Crippen LogP contribution < -0.4 is 4.90 Å². The van der Waals surface area contributed by atoms with Crippen molar-refractivity contribution in [1.82, 2.24) is 0 Å². The molecule has 4 heteroatoms. The molecule has 4 rings (SSSR count). The van der Waals surface area contributed by atoms with E-state index in [9.17, 15) is 0 Å². The van der Waals surface area contributed by atoms with E-state index < -0.39 is 0 Å². The third-order valence-corrected chi connectivity index (χ3v) is 8.25. The second-order valence-corrected chi connectivity index (χ2v) is 10.8. The molecular weight excluding hydrogens is 345 g/mol. The van der Waals surface area contributed by atoms with E-state index in [4.69, 9.17) is 9.31 Å². The van der Waals surface area contributed by atoms with Gasteiger partial charge in [-0.2, -0.15) is 0 Å². The third-order valence-electron chi connectivity index (χ3n) is 8.25. The standard InChI is InChI=1S/C24H38BNO2/c1-22(2)23(3,4)28-25(27-22)24(20-12-8-7-9-13-20)16-19(17-24)18-11-10-14-21(15-18)26(5)6/h10-11,14-15,19-20H,7-9,12-13,16-17H2,1-6H3. The molecule has 0 aromatic heterocycles. The van der Waals surface area contributed by atoms with Crippen LogP contribution in [0.3, 0.4) is 0 Å². The molecule has 2 saturated carbocycles. The van der Waals surface area contributed by atoms with Gasteiger partial charge in [0.25, 0.3) is 0 Å². The van der Waals surface area contributed by atoms with Gasteiger partial charge in [0.1, 0.15) is 0 Å². The van der Waals surface area contributed by atoms with Crippen molar-refractivity contribution >= 4 is 12.8 Å². The zero-order valence-corrected chi connectivity index (χ0v) is 18.8. The van der Waals surface area contributed by atoms with Gasteiger partial charge in [-0.05, 0) is 70.1 Å². The van der Waals surface area contributed by atoms with E-state index in [1.54, 1.807) is 0 Å². The van der Waals surface area contributed by atoms with Gasteiger partial charge in [-0.25, -0.2) is 0 Å². The Kier molecular flexibility index (Phi) is 5.11. The highest BCUT2D eigenvalue weighted by molar-refractivity contribution is 6.50. The molecule has 1 aromatic rings. The average Bonchev–Trinajstić information content (AvgIpc) is 2.83. The summed E-state index contributed by atoms with van der Waals surface area (Å²) in [6, 6.07) is 9.09. The van der Waals surface area contributed by atoms with Crippen LogP contribution in [0.4, 0.5) is 5.69 Å². The van der Waals surface area contributed by atoms with Crippen LogP contribution in [0.15, 0.2) is 24.3 Å². The normalized spacial score (nSPS) is 32.2. The largest absolute Gasteiger partial charge is 0.464 e. The van der Waals surface area contributed by atoms with Crippen molar-refractivity contribution in [1.29, 1.82) is 0 Å². The van der Waals surface area contributed by atoms with Crippen LogP contribution in [0.25, 0.3) is 0 Å². The fourth-order valence-corrected chi connectivity index (χ4v) is 5.62. The van der Waals surface area contributed by atoms with Gasteiger partial charge in [0.15, 0.2) is 0 Å². The van der Waals surface area contributed by atoms with E-state index in [-0.39, 0.29) is 23.6 Å². The lowest BCUT2D eigenvalue weighted by molar-refractivity contribution is 0.00578. The molecule has 3 nitrogen and oxygen atoms in total. The lowest BCUT2D eigenvalue weighted by Crippen LogP contribution is -2.49. The Labute approximate surface area is 172 Å². The Morgan fingerprint density at radius 1 is 0.929 bits per heavy atom. The second-order valence-electron chi connectivity index (χ2n) is 10.8. The summed E-state index contributed by atoms with van der Waals surface area (Å²) in [4.78, 5) is 2.20. The van der Waals surface area contributed by atoms with Gasteiger partial charge >= 0.3 is 7.12 Å². The lowest BCUT2D eigenvalue weighted by Gasteiger charge is -2.54. The predicted molar refractivity (Wildman–Crippen MR) is 118 cm³/mol. The molecule has 0 N–H and O–H groups in total. The fraction of sp³-hybridized carbons (Fsp3) is 0.750. The van der Waals surface area contributed by atoms with Gasteiger partial charge in [0.2, 0.25) is 0 Å². The molecular formula is C24H38BNO2. The van der Waals surface area contributed by atoms with Crippen molar-refractivity contribution < 1.29 is 9.31 Å². The van der Waals surface area contributed by atoms with Gasteiger partial charge in [-0.3, -0.25) is 0 Å². The summed E-state index contributed by atoms with van der Waals surface area (Å²) in [6.07, 6.45) is 9.21. The summed E-state index contributed by atoms with van der Waals surface area (Å²) in [6.45, 7) is 8.77. The van der Waals surface area contributed by atoms with Crippen LogP contribution in [0.5, 0.6) is 0 Å². The van der Waals surface area contributed by atoms with Crippen molar-refractivity contribution in [3.63, 3.8) is 0 Å². The molecule has 0 bridgehead atoms. The first kappa shape index (κ1) is 20.3. The maximum atomic E-state index is 6.64. The van der Waals surface area contributed by atoms with Crippen LogP contribution in [0, 0.1) is 5.92 Å². The summed E-state index contributed by atoms with van der Waals surface area (Å²) < 4.78 is 13.3. The SMILES string of the molecule is CN(C)c1cccc(C2CC(B3OC(C)(C)C(C)(C)O3)(C3CCCCC3)C2)c1. The van der Waals surface area contributed by atoms with E-state index in [1.807, 2.05) is 0 Å². The Hall–Kier alpha value is -0.995. The predicted octanol–water partition coefficient (Wildman–Crippen LogP) is 6.04. The number of benzene rings is 1. The van der Waals surface area contributed by atoms with Crippen molar-refractivity contribution in [3.05, 3.63) is 29.8 Å². The maximum absolute atomic E-state index is 6.64. The molecule has 1 saturated heterocycles. The van der Waals surface area contributed by atoms with E-state index in [1.165, 1.54) is 56.2 Å². The molecule has 3 aliphatic rings. The molecule has 0 atom stereocenters. The van der Waals surface area contributed by atoms with Crippen LogP contribution in [-0.2, 0) is 9.31 Å². The maximum Gasteiger partial charge on any atom is 0.464 e. The van der Waals surface area contributed by atoms with Crippen molar-refractivity contribution in [2.75, 3.05) is 19.0 Å². The Bertz CT molecular complexity index is 686. The van der Waals surface area contributed by atoms with E-state index in [0.717, 1.165) is 5.92 Å². The van der Waals surface area contributed by atoms with Gasteiger partial charge in [-0.15, -0.1) is 0 Å². The zero-order valence-electron chi connectivity index (χ0n) is 18.8. The quantitative estimate of drug-likeness (QED) is 0.592. The summed E-state index contributed by atoms with van der Waals surface area (Å²) in [5.74, 6) is 1.37. The van der Waals surface area contributed by atoms with Crippen LogP contribution >= 0.6 is 0 Å². The molecule has 1 aliphatic heterocycles. The lowest BCUT2D eigenvalue weighted by atomic mass is 9.37. The number of hydrogen-bond donors (Lipinski definition) is 0. The highest BCUT2D eigenvalue weighted by Gasteiger charge is 2.65.